The monoisotopic (exact) mass is 393 g/mol. The van der Waals surface area contributed by atoms with E-state index in [1.165, 1.54) is 22.9 Å². The number of aldehydes is 1. The van der Waals surface area contributed by atoms with Crippen LogP contribution in [0.3, 0.4) is 0 Å². The number of amides is 3. The molecule has 0 radical (unpaired) electrons. The highest BCUT2D eigenvalue weighted by Gasteiger charge is 2.16. The van der Waals surface area contributed by atoms with Crippen LogP contribution in [0, 0.1) is 0 Å². The van der Waals surface area contributed by atoms with Crippen LogP contribution in [-0.4, -0.2) is 73.2 Å². The van der Waals surface area contributed by atoms with E-state index in [9.17, 15) is 24.3 Å². The number of likely N-dealkylation sites (N-methyl/N-ethyl adjacent to an activating group) is 1. The molecule has 3 amide bonds. The lowest BCUT2D eigenvalue weighted by Gasteiger charge is -2.20. The molecule has 0 atom stereocenters. The summed E-state index contributed by atoms with van der Waals surface area (Å²) >= 11 is 0. The highest BCUT2D eigenvalue weighted by molar-refractivity contribution is 5.95. The first-order chi connectivity index (χ1) is 13.3. The molecule has 0 saturated carbocycles. The number of hydrogen-bond acceptors (Lipinski definition) is 6. The van der Waals surface area contributed by atoms with E-state index in [4.69, 9.17) is 4.74 Å². The van der Waals surface area contributed by atoms with Gasteiger partial charge in [0.15, 0.2) is 0 Å². The number of rotatable bonds is 11. The number of phenolic OH excluding ortho intramolecular Hbond substituents is 1. The summed E-state index contributed by atoms with van der Waals surface area (Å²) in [6, 6.07) is 4.73. The molecule has 1 rings (SSSR count). The number of ether oxygens (including phenoxy) is 1. The number of carbonyl (C=O) groups excluding carboxylic acids is 4. The van der Waals surface area contributed by atoms with Gasteiger partial charge in [-0.05, 0) is 17.7 Å². The molecule has 0 aliphatic carbocycles. The van der Waals surface area contributed by atoms with Gasteiger partial charge in [-0.1, -0.05) is 6.07 Å². The largest absolute Gasteiger partial charge is 0.506 e. The lowest BCUT2D eigenvalue weighted by atomic mass is 10.2. The number of hydrogen-bond donors (Lipinski definition) is 2. The minimum Gasteiger partial charge on any atom is -0.506 e. The summed E-state index contributed by atoms with van der Waals surface area (Å²) in [5, 5.41) is 12.4. The molecule has 28 heavy (non-hydrogen) atoms. The third-order valence-electron chi connectivity index (χ3n) is 4.02. The second-order valence-corrected chi connectivity index (χ2v) is 6.35. The van der Waals surface area contributed by atoms with Crippen molar-refractivity contribution < 1.29 is 29.0 Å². The fourth-order valence-electron chi connectivity index (χ4n) is 2.39. The van der Waals surface area contributed by atoms with Crippen molar-refractivity contribution in [3.8, 4) is 5.75 Å². The van der Waals surface area contributed by atoms with Crippen LogP contribution in [0.1, 0.15) is 24.8 Å². The first-order valence-electron chi connectivity index (χ1n) is 8.80. The summed E-state index contributed by atoms with van der Waals surface area (Å²) in [5.74, 6) is -1.07. The van der Waals surface area contributed by atoms with Gasteiger partial charge in [0.25, 0.3) is 0 Å². The topological polar surface area (TPSA) is 116 Å². The highest BCUT2D eigenvalue weighted by atomic mass is 16.5. The molecule has 0 spiro atoms. The van der Waals surface area contributed by atoms with Gasteiger partial charge in [-0.25, -0.2) is 0 Å². The van der Waals surface area contributed by atoms with Crippen molar-refractivity contribution >= 4 is 29.7 Å². The van der Waals surface area contributed by atoms with Crippen LogP contribution in [-0.2, 0) is 30.5 Å². The van der Waals surface area contributed by atoms with E-state index in [1.54, 1.807) is 26.3 Å². The predicted molar refractivity (Wildman–Crippen MR) is 103 cm³/mol. The van der Waals surface area contributed by atoms with Crippen LogP contribution in [0.5, 0.6) is 5.75 Å². The predicted octanol–water partition coefficient (Wildman–Crippen LogP) is 0.763. The lowest BCUT2D eigenvalue weighted by Crippen LogP contribution is -2.37. The Bertz CT molecular complexity index is 707. The van der Waals surface area contributed by atoms with Crippen molar-refractivity contribution in [3.63, 3.8) is 0 Å². The maximum Gasteiger partial charge on any atom is 0.244 e. The van der Waals surface area contributed by atoms with Gasteiger partial charge in [-0.15, -0.1) is 0 Å². The highest BCUT2D eigenvalue weighted by Crippen LogP contribution is 2.24. The van der Waals surface area contributed by atoms with Gasteiger partial charge in [-0.2, -0.15) is 0 Å². The molecule has 9 heteroatoms. The average molecular weight is 393 g/mol. The quantitative estimate of drug-likeness (QED) is 0.424. The number of benzene rings is 1. The van der Waals surface area contributed by atoms with Gasteiger partial charge in [-0.3, -0.25) is 14.4 Å². The molecule has 2 N–H and O–H groups in total. The van der Waals surface area contributed by atoms with Gasteiger partial charge in [0.05, 0.1) is 18.8 Å². The summed E-state index contributed by atoms with van der Waals surface area (Å²) < 4.78 is 5.02. The van der Waals surface area contributed by atoms with Gasteiger partial charge in [0, 0.05) is 47.0 Å². The Labute approximate surface area is 164 Å². The molecule has 1 aromatic rings. The third-order valence-corrected chi connectivity index (χ3v) is 4.02. The summed E-state index contributed by atoms with van der Waals surface area (Å²) in [6.07, 6.45) is 0.988. The standard InChI is InChI=1S/C19H27N3O6/c1-21(18(26)5-4-10-23)9-8-19(27)22(2)12-17(25)20-15-11-14(13-28-3)6-7-16(15)24/h6-7,10-11,24H,4-5,8-9,12-13H2,1-3H3,(H,20,25). The zero-order valence-corrected chi connectivity index (χ0v) is 16.4. The van der Waals surface area contributed by atoms with Crippen LogP contribution in [0.2, 0.25) is 0 Å². The molecule has 0 aliphatic heterocycles. The zero-order valence-electron chi connectivity index (χ0n) is 16.4. The normalized spacial score (nSPS) is 10.2. The Balaban J connectivity index is 2.51. The fraction of sp³-hybridized carbons (Fsp3) is 0.474. The summed E-state index contributed by atoms with van der Waals surface area (Å²) in [5.41, 5.74) is 1.02. The van der Waals surface area contributed by atoms with Crippen molar-refractivity contribution in [2.45, 2.75) is 25.9 Å². The van der Waals surface area contributed by atoms with Crippen LogP contribution in [0.15, 0.2) is 18.2 Å². The first-order valence-corrected chi connectivity index (χ1v) is 8.80. The Morgan fingerprint density at radius 1 is 1.14 bits per heavy atom. The average Bonchev–Trinajstić information content (AvgIpc) is 2.66. The maximum absolute atomic E-state index is 12.2. The van der Waals surface area contributed by atoms with Gasteiger partial charge in [0.1, 0.15) is 12.0 Å². The van der Waals surface area contributed by atoms with Crippen LogP contribution >= 0.6 is 0 Å². The summed E-state index contributed by atoms with van der Waals surface area (Å²) in [7, 11) is 4.58. The van der Waals surface area contributed by atoms with Crippen molar-refractivity contribution in [3.05, 3.63) is 23.8 Å². The van der Waals surface area contributed by atoms with Gasteiger partial charge >= 0.3 is 0 Å². The molecule has 154 valence electrons. The number of aromatic hydroxyl groups is 1. The van der Waals surface area contributed by atoms with E-state index >= 15 is 0 Å². The van der Waals surface area contributed by atoms with E-state index in [0.717, 1.165) is 5.56 Å². The number of carbonyl (C=O) groups is 4. The van der Waals surface area contributed by atoms with Crippen LogP contribution < -0.4 is 5.32 Å². The van der Waals surface area contributed by atoms with Crippen molar-refractivity contribution in [2.24, 2.45) is 0 Å². The van der Waals surface area contributed by atoms with E-state index in [1.807, 2.05) is 0 Å². The van der Waals surface area contributed by atoms with Crippen molar-refractivity contribution in [1.82, 2.24) is 9.80 Å². The van der Waals surface area contributed by atoms with Crippen molar-refractivity contribution in [2.75, 3.05) is 39.6 Å². The molecule has 9 nitrogen and oxygen atoms in total. The minimum absolute atomic E-state index is 0.0572. The second-order valence-electron chi connectivity index (χ2n) is 6.35. The molecular formula is C19H27N3O6. The molecule has 0 fully saturated rings. The van der Waals surface area contributed by atoms with Gasteiger partial charge in [0.2, 0.25) is 17.7 Å². The number of nitrogens with one attached hydrogen (secondary N) is 1. The SMILES string of the molecule is COCc1ccc(O)c(NC(=O)CN(C)C(=O)CCN(C)C(=O)CCC=O)c1. The number of methoxy groups -OCH3 is 1. The molecule has 0 saturated heterocycles. The number of anilines is 1. The molecule has 1 aromatic carbocycles. The Kier molecular flexibility index (Phi) is 9.66. The zero-order chi connectivity index (χ0) is 21.1. The summed E-state index contributed by atoms with van der Waals surface area (Å²) in [4.78, 5) is 49.0. The summed E-state index contributed by atoms with van der Waals surface area (Å²) in [6.45, 7) is 0.332. The van der Waals surface area contributed by atoms with E-state index in [0.29, 0.717) is 12.9 Å². The Morgan fingerprint density at radius 2 is 1.82 bits per heavy atom. The van der Waals surface area contributed by atoms with Crippen molar-refractivity contribution in [1.29, 1.82) is 0 Å². The smallest absolute Gasteiger partial charge is 0.244 e. The Hall–Kier alpha value is -2.94. The molecular weight excluding hydrogens is 366 g/mol. The molecule has 0 bridgehead atoms. The molecule has 0 unspecified atom stereocenters. The molecule has 0 aliphatic rings. The van der Waals surface area contributed by atoms with Gasteiger partial charge < -0.3 is 29.8 Å². The van der Waals surface area contributed by atoms with Crippen LogP contribution in [0.4, 0.5) is 5.69 Å². The molecule has 0 aromatic heterocycles. The first kappa shape index (κ1) is 23.1. The minimum atomic E-state index is -0.462. The molecule has 0 heterocycles. The van der Waals surface area contributed by atoms with E-state index in [-0.39, 0.29) is 55.6 Å². The third kappa shape index (κ3) is 7.75. The number of nitrogens with zero attached hydrogens (tertiary/aromatic N) is 2. The second kappa shape index (κ2) is 11.7. The maximum atomic E-state index is 12.2. The van der Waals surface area contributed by atoms with E-state index < -0.39 is 5.91 Å². The fourth-order valence-corrected chi connectivity index (χ4v) is 2.39. The Morgan fingerprint density at radius 3 is 2.46 bits per heavy atom. The lowest BCUT2D eigenvalue weighted by molar-refractivity contribution is -0.135. The van der Waals surface area contributed by atoms with Crippen LogP contribution in [0.25, 0.3) is 0 Å². The number of phenols is 1. The van der Waals surface area contributed by atoms with E-state index in [2.05, 4.69) is 5.32 Å².